The summed E-state index contributed by atoms with van der Waals surface area (Å²) in [6, 6.07) is 16.6. The van der Waals surface area contributed by atoms with Crippen molar-refractivity contribution in [1.29, 1.82) is 0 Å². The van der Waals surface area contributed by atoms with E-state index in [1.807, 2.05) is 25.1 Å². The molecule has 2 aromatic carbocycles. The van der Waals surface area contributed by atoms with Gasteiger partial charge in [0.25, 0.3) is 5.56 Å². The first-order chi connectivity index (χ1) is 15.5. The molecule has 4 N–H and O–H groups in total. The Bertz CT molecular complexity index is 1060. The summed E-state index contributed by atoms with van der Waals surface area (Å²) in [5, 5.41) is 14.9. The Morgan fingerprint density at radius 2 is 1.69 bits per heavy atom. The fourth-order valence-electron chi connectivity index (χ4n) is 3.43. The van der Waals surface area contributed by atoms with Gasteiger partial charge in [-0.05, 0) is 62.3 Å². The Balaban J connectivity index is 1.37. The average Bonchev–Trinajstić information content (AvgIpc) is 2.80. The number of urea groups is 1. The van der Waals surface area contributed by atoms with Gasteiger partial charge >= 0.3 is 6.03 Å². The standard InChI is InChI=1S/C25H30N4O3/c1-18-22(15-12-19-7-3-2-4-8-19)29-24(31)23(28-18)9-5-6-16-26-25(32)27-17-20-10-13-21(30)14-11-20/h2-4,7-8,10-11,13-14,30H,5-6,9,12,15-17H2,1H3,(H,29,31)(H2,26,27,32). The molecule has 0 unspecified atom stereocenters. The molecule has 3 aromatic rings. The molecule has 2 amide bonds. The highest BCUT2D eigenvalue weighted by molar-refractivity contribution is 5.73. The largest absolute Gasteiger partial charge is 0.508 e. The van der Waals surface area contributed by atoms with Crippen molar-refractivity contribution < 1.29 is 9.90 Å². The van der Waals surface area contributed by atoms with Crippen LogP contribution in [0.4, 0.5) is 4.79 Å². The van der Waals surface area contributed by atoms with Gasteiger partial charge in [-0.15, -0.1) is 0 Å². The average molecular weight is 435 g/mol. The fraction of sp³-hybridized carbons (Fsp3) is 0.320. The number of aromatic hydroxyl groups is 1. The topological polar surface area (TPSA) is 107 Å². The number of nitrogens with zero attached hydrogens (tertiary/aromatic N) is 1. The number of nitrogens with one attached hydrogen (secondary N) is 3. The third-order valence-corrected chi connectivity index (χ3v) is 5.29. The molecular weight excluding hydrogens is 404 g/mol. The number of phenols is 1. The molecule has 0 saturated carbocycles. The zero-order valence-corrected chi connectivity index (χ0v) is 18.4. The van der Waals surface area contributed by atoms with Gasteiger partial charge in [-0.3, -0.25) is 9.78 Å². The van der Waals surface area contributed by atoms with E-state index in [-0.39, 0.29) is 17.3 Å². The van der Waals surface area contributed by atoms with Crippen LogP contribution in [0.1, 0.15) is 41.1 Å². The van der Waals surface area contributed by atoms with E-state index < -0.39 is 0 Å². The zero-order valence-electron chi connectivity index (χ0n) is 18.4. The summed E-state index contributed by atoms with van der Waals surface area (Å²) in [4.78, 5) is 31.8. The van der Waals surface area contributed by atoms with Crippen molar-refractivity contribution in [2.45, 2.75) is 45.6 Å². The molecule has 0 radical (unpaired) electrons. The van der Waals surface area contributed by atoms with Gasteiger partial charge in [0, 0.05) is 18.8 Å². The lowest BCUT2D eigenvalue weighted by Crippen LogP contribution is -2.35. The predicted molar refractivity (Wildman–Crippen MR) is 125 cm³/mol. The summed E-state index contributed by atoms with van der Waals surface area (Å²) in [6.07, 6.45) is 3.70. The van der Waals surface area contributed by atoms with Crippen LogP contribution in [0.15, 0.2) is 59.4 Å². The van der Waals surface area contributed by atoms with Gasteiger partial charge in [0.15, 0.2) is 0 Å². The third-order valence-electron chi connectivity index (χ3n) is 5.29. The van der Waals surface area contributed by atoms with Crippen LogP contribution >= 0.6 is 0 Å². The summed E-state index contributed by atoms with van der Waals surface area (Å²) >= 11 is 0. The highest BCUT2D eigenvalue weighted by atomic mass is 16.3. The molecule has 0 aliphatic carbocycles. The molecule has 0 aliphatic heterocycles. The lowest BCUT2D eigenvalue weighted by atomic mass is 10.1. The number of amides is 2. The highest BCUT2D eigenvalue weighted by Gasteiger charge is 2.08. The number of carbonyl (C=O) groups is 1. The van der Waals surface area contributed by atoms with Crippen LogP contribution in [0.3, 0.4) is 0 Å². The number of rotatable bonds is 10. The quantitative estimate of drug-likeness (QED) is 0.367. The Labute approximate surface area is 187 Å². The maximum absolute atomic E-state index is 12.4. The Hall–Kier alpha value is -3.61. The normalized spacial score (nSPS) is 10.7. The van der Waals surface area contributed by atoms with E-state index in [2.05, 4.69) is 32.7 Å². The molecule has 3 rings (SSSR count). The Morgan fingerprint density at radius 1 is 0.938 bits per heavy atom. The molecule has 0 aliphatic rings. The van der Waals surface area contributed by atoms with Crippen LogP contribution in [0.2, 0.25) is 0 Å². The minimum Gasteiger partial charge on any atom is -0.508 e. The van der Waals surface area contributed by atoms with E-state index in [9.17, 15) is 14.7 Å². The van der Waals surface area contributed by atoms with E-state index in [1.165, 1.54) is 5.56 Å². The van der Waals surface area contributed by atoms with Crippen LogP contribution in [-0.2, 0) is 25.8 Å². The molecule has 168 valence electrons. The predicted octanol–water partition coefficient (Wildman–Crippen LogP) is 3.39. The van der Waals surface area contributed by atoms with E-state index in [0.717, 1.165) is 42.6 Å². The number of benzene rings is 2. The van der Waals surface area contributed by atoms with Crippen molar-refractivity contribution in [3.05, 3.63) is 93.2 Å². The molecule has 0 atom stereocenters. The van der Waals surface area contributed by atoms with Crippen LogP contribution in [0.25, 0.3) is 0 Å². The minimum absolute atomic E-state index is 0.127. The molecule has 7 heteroatoms. The van der Waals surface area contributed by atoms with Crippen LogP contribution in [0, 0.1) is 6.92 Å². The number of carbonyl (C=O) groups excluding carboxylic acids is 1. The molecule has 1 aromatic heterocycles. The number of unbranched alkanes of at least 4 members (excludes halogenated alkanes) is 1. The van der Waals surface area contributed by atoms with E-state index >= 15 is 0 Å². The van der Waals surface area contributed by atoms with Gasteiger partial charge in [-0.2, -0.15) is 0 Å². The Morgan fingerprint density at radius 3 is 2.44 bits per heavy atom. The maximum atomic E-state index is 12.4. The van der Waals surface area contributed by atoms with Gasteiger partial charge in [-0.25, -0.2) is 4.79 Å². The van der Waals surface area contributed by atoms with Gasteiger partial charge < -0.3 is 20.7 Å². The molecular formula is C25H30N4O3. The van der Waals surface area contributed by atoms with Crippen LogP contribution < -0.4 is 16.2 Å². The third kappa shape index (κ3) is 7.27. The maximum Gasteiger partial charge on any atom is 0.315 e. The lowest BCUT2D eigenvalue weighted by molar-refractivity contribution is 0.240. The second-order valence-electron chi connectivity index (χ2n) is 7.80. The van der Waals surface area contributed by atoms with Crippen molar-refractivity contribution in [3.63, 3.8) is 0 Å². The molecule has 0 spiro atoms. The second-order valence-corrected chi connectivity index (χ2v) is 7.80. The fourth-order valence-corrected chi connectivity index (χ4v) is 3.43. The second kappa shape index (κ2) is 11.7. The number of phenolic OH excluding ortho intramolecular Hbond substituents is 1. The number of aromatic amines is 1. The van der Waals surface area contributed by atoms with Gasteiger partial charge in [-0.1, -0.05) is 42.5 Å². The summed E-state index contributed by atoms with van der Waals surface area (Å²) in [5.74, 6) is 0.198. The van der Waals surface area contributed by atoms with Gasteiger partial charge in [0.1, 0.15) is 11.4 Å². The molecule has 32 heavy (non-hydrogen) atoms. The number of aromatic nitrogens is 2. The molecule has 0 saturated heterocycles. The smallest absolute Gasteiger partial charge is 0.315 e. The van der Waals surface area contributed by atoms with E-state index in [0.29, 0.717) is 25.2 Å². The minimum atomic E-state index is -0.243. The molecule has 1 heterocycles. The van der Waals surface area contributed by atoms with Gasteiger partial charge in [0.2, 0.25) is 0 Å². The monoisotopic (exact) mass is 434 g/mol. The van der Waals surface area contributed by atoms with Crippen molar-refractivity contribution in [2.24, 2.45) is 0 Å². The van der Waals surface area contributed by atoms with Crippen molar-refractivity contribution in [2.75, 3.05) is 6.54 Å². The number of H-pyrrole nitrogens is 1. The molecule has 0 fully saturated rings. The van der Waals surface area contributed by atoms with Gasteiger partial charge in [0.05, 0.1) is 5.69 Å². The first-order valence-corrected chi connectivity index (χ1v) is 10.9. The van der Waals surface area contributed by atoms with Crippen molar-refractivity contribution in [1.82, 2.24) is 20.6 Å². The van der Waals surface area contributed by atoms with Crippen molar-refractivity contribution in [3.8, 4) is 5.75 Å². The molecule has 0 bridgehead atoms. The SMILES string of the molecule is Cc1nc(CCCCNC(=O)NCc2ccc(O)cc2)c(=O)[nH]c1CCc1ccccc1. The Kier molecular flexibility index (Phi) is 8.43. The highest BCUT2D eigenvalue weighted by Crippen LogP contribution is 2.09. The van der Waals surface area contributed by atoms with E-state index in [4.69, 9.17) is 0 Å². The number of hydrogen-bond donors (Lipinski definition) is 4. The van der Waals surface area contributed by atoms with E-state index in [1.54, 1.807) is 24.3 Å². The summed E-state index contributed by atoms with van der Waals surface area (Å²) in [7, 11) is 0. The first-order valence-electron chi connectivity index (χ1n) is 10.9. The number of hydrogen-bond acceptors (Lipinski definition) is 4. The zero-order chi connectivity index (χ0) is 22.8. The summed E-state index contributed by atoms with van der Waals surface area (Å²) < 4.78 is 0. The number of aryl methyl sites for hydroxylation is 4. The first kappa shape index (κ1) is 23.1. The molecule has 7 nitrogen and oxygen atoms in total. The summed E-state index contributed by atoms with van der Waals surface area (Å²) in [6.45, 7) is 2.84. The van der Waals surface area contributed by atoms with Crippen LogP contribution in [-0.4, -0.2) is 27.7 Å². The van der Waals surface area contributed by atoms with Crippen molar-refractivity contribution >= 4 is 6.03 Å². The lowest BCUT2D eigenvalue weighted by Gasteiger charge is -2.09. The van der Waals surface area contributed by atoms with Crippen LogP contribution in [0.5, 0.6) is 5.75 Å². The summed E-state index contributed by atoms with van der Waals surface area (Å²) in [5.41, 5.74) is 4.31.